The van der Waals surface area contributed by atoms with Crippen LogP contribution >= 0.6 is 47.5 Å². The predicted molar refractivity (Wildman–Crippen MR) is 309 cm³/mol. The van der Waals surface area contributed by atoms with Gasteiger partial charge >= 0.3 is 39.4 Å². The molecule has 0 rings (SSSR count). The summed E-state index contributed by atoms with van der Waals surface area (Å²) in [5, 5.41) is 8.06. The van der Waals surface area contributed by atoms with E-state index in [4.69, 9.17) is 46.3 Å². The molecular weight excluding hydrogens is 1100 g/mol. The maximum Gasteiger partial charge on any atom is 0.490 e. The first kappa shape index (κ1) is 82.8. The van der Waals surface area contributed by atoms with Crippen molar-refractivity contribution >= 4 is 47.5 Å². The molecule has 0 amide bonds. The molecule has 0 aromatic heterocycles. The average molecular weight is 1220 g/mol. The van der Waals surface area contributed by atoms with Crippen molar-refractivity contribution in [2.75, 3.05) is 39.6 Å². The summed E-state index contributed by atoms with van der Waals surface area (Å²) in [6.07, 6.45) is 38.8. The molecule has 0 aromatic carbocycles. The van der Waals surface area contributed by atoms with E-state index in [1.54, 1.807) is 13.8 Å². The molecule has 0 spiro atoms. The van der Waals surface area contributed by atoms with Crippen LogP contribution in [0.25, 0.3) is 0 Å². The standard InChI is InChI=1S/C32H71O8P4.C16H36O7P2.C3H8O.Ti/c1-5-9-13-17-21-25-29-36-42(37-30-26-22-18-14-10-6-2)41(33)40-44(34,35)43(38-31-27-23-19-15-11-7-3)39-32-28-24-20-16-12-8-4;1-3-5-7-9-11-13-15-21-25(20,23-24(17,18)19)22-16-14-12-10-8-6-4-2;1-3(2)4;/h33-35H,5-32H2,1-4H3;3-16H2,1-2H3,(H2,17,18,19);3-4H,1-2H3;/q+1;;;. The normalized spacial score (nSPS) is 12.5. The molecule has 1 unspecified atom stereocenters. The van der Waals surface area contributed by atoms with E-state index in [2.05, 4.69) is 45.9 Å². The van der Waals surface area contributed by atoms with Gasteiger partial charge in [0.15, 0.2) is 0 Å². The van der Waals surface area contributed by atoms with E-state index >= 15 is 0 Å². The molecule has 0 aliphatic rings. The maximum absolute atomic E-state index is 12.3. The first-order chi connectivity index (χ1) is 35.0. The quantitative estimate of drug-likeness (QED) is 0.0189. The molecule has 74 heavy (non-hydrogen) atoms. The summed E-state index contributed by atoms with van der Waals surface area (Å²) in [6, 6.07) is 0. The number of rotatable bonds is 54. The van der Waals surface area contributed by atoms with E-state index in [0.717, 1.165) is 128 Å². The van der Waals surface area contributed by atoms with Crippen LogP contribution < -0.4 is 0 Å². The van der Waals surface area contributed by atoms with Crippen LogP contribution in [-0.4, -0.2) is 75.3 Å². The van der Waals surface area contributed by atoms with Crippen molar-refractivity contribution in [1.29, 1.82) is 0 Å². The molecular formula is C51H115O16P6Ti+. The molecule has 0 heterocycles. The Bertz CT molecular complexity index is 1140. The molecule has 0 aliphatic carbocycles. The molecule has 16 nitrogen and oxygen atoms in total. The minimum Gasteiger partial charge on any atom is -0.394 e. The summed E-state index contributed by atoms with van der Waals surface area (Å²) in [4.78, 5) is 51.1. The fourth-order valence-electron chi connectivity index (χ4n) is 6.91. The van der Waals surface area contributed by atoms with Crippen LogP contribution in [-0.2, 0) is 66.6 Å². The van der Waals surface area contributed by atoms with Crippen LogP contribution in [0.5, 0.6) is 0 Å². The van der Waals surface area contributed by atoms with Crippen molar-refractivity contribution in [3.8, 4) is 0 Å². The van der Waals surface area contributed by atoms with Gasteiger partial charge in [0.2, 0.25) is 0 Å². The van der Waals surface area contributed by atoms with E-state index < -0.39 is 47.5 Å². The van der Waals surface area contributed by atoms with Crippen LogP contribution in [0.3, 0.4) is 0 Å². The van der Waals surface area contributed by atoms with Crippen LogP contribution in [0.1, 0.15) is 287 Å². The van der Waals surface area contributed by atoms with E-state index in [9.17, 15) is 23.8 Å². The van der Waals surface area contributed by atoms with Crippen LogP contribution in [0.15, 0.2) is 0 Å². The zero-order valence-electron chi connectivity index (χ0n) is 48.2. The van der Waals surface area contributed by atoms with E-state index in [1.165, 1.54) is 89.9 Å². The second-order valence-corrected chi connectivity index (χ2v) is 30.8. The Balaban J connectivity index is -0.000000688. The van der Waals surface area contributed by atoms with Crippen molar-refractivity contribution in [2.45, 2.75) is 293 Å². The number of phosphoric acid groups is 2. The summed E-state index contributed by atoms with van der Waals surface area (Å²) >= 11 is 0. The smallest absolute Gasteiger partial charge is 0.394 e. The Morgan fingerprint density at radius 1 is 0.419 bits per heavy atom. The molecule has 448 valence electrons. The van der Waals surface area contributed by atoms with Gasteiger partial charge in [-0.15, -0.1) is 4.31 Å². The molecule has 0 radical (unpaired) electrons. The van der Waals surface area contributed by atoms with E-state index in [0.29, 0.717) is 39.3 Å². The molecule has 6 N–H and O–H groups in total. The SMILES string of the molecule is CC(C)O.CCCCCCCCOP(=O)(OCCCCCCCC)OP(=O)(O)O.CCCCCCCCOP(OCCCCCCCC)P(O)O[P+](O)(O)P(OCCCCCCCC)OCCCCCCCC.[Ti]. The largest absolute Gasteiger partial charge is 0.490 e. The summed E-state index contributed by atoms with van der Waals surface area (Å²) < 4.78 is 67.2. The number of hydrogen-bond donors (Lipinski definition) is 6. The second-order valence-electron chi connectivity index (χ2n) is 19.0. The Morgan fingerprint density at radius 3 is 0.905 bits per heavy atom. The van der Waals surface area contributed by atoms with Crippen LogP contribution in [0, 0.1) is 0 Å². The summed E-state index contributed by atoms with van der Waals surface area (Å²) in [6.45, 7) is 18.4. The summed E-state index contributed by atoms with van der Waals surface area (Å²) in [5.41, 5.74) is 0. The first-order valence-electron chi connectivity index (χ1n) is 29.0. The number of aliphatic hydroxyl groups is 1. The zero-order chi connectivity index (χ0) is 55.2. The molecule has 0 fully saturated rings. The molecule has 0 aliphatic heterocycles. The van der Waals surface area contributed by atoms with E-state index in [-0.39, 0.29) is 41.0 Å². The number of phosphoric ester groups is 1. The Hall–Kier alpha value is 2.33. The minimum absolute atomic E-state index is 0. The van der Waals surface area contributed by atoms with Gasteiger partial charge in [0, 0.05) is 27.8 Å². The van der Waals surface area contributed by atoms with Crippen molar-refractivity contribution < 1.29 is 96.2 Å². The van der Waals surface area contributed by atoms with E-state index in [1.807, 2.05) is 0 Å². The minimum atomic E-state index is -4.94. The van der Waals surface area contributed by atoms with Crippen molar-refractivity contribution in [2.24, 2.45) is 0 Å². The molecule has 0 saturated carbocycles. The summed E-state index contributed by atoms with van der Waals surface area (Å²) in [5.74, 6) is 0. The van der Waals surface area contributed by atoms with Gasteiger partial charge in [0.25, 0.3) is 8.06 Å². The Morgan fingerprint density at radius 2 is 0.649 bits per heavy atom. The van der Waals surface area contributed by atoms with Gasteiger partial charge in [-0.1, -0.05) is 234 Å². The first-order valence-corrected chi connectivity index (χ1v) is 38.6. The average Bonchev–Trinajstić information content (AvgIpc) is 3.32. The monoisotopic (exact) mass is 1220 g/mol. The van der Waals surface area contributed by atoms with Gasteiger partial charge < -0.3 is 28.8 Å². The van der Waals surface area contributed by atoms with Crippen molar-refractivity contribution in [1.82, 2.24) is 0 Å². The summed E-state index contributed by atoms with van der Waals surface area (Å²) in [7, 11) is -19.6. The van der Waals surface area contributed by atoms with Crippen molar-refractivity contribution in [3.63, 3.8) is 0 Å². The Labute approximate surface area is 473 Å². The third-order valence-corrected chi connectivity index (χ3v) is 22.3. The topological polar surface area (TPSA) is 229 Å². The van der Waals surface area contributed by atoms with Gasteiger partial charge in [-0.05, 0) is 52.4 Å². The van der Waals surface area contributed by atoms with Crippen LogP contribution in [0.4, 0.5) is 0 Å². The third-order valence-electron chi connectivity index (χ3n) is 11.0. The number of unbranched alkanes of at least 4 members (excludes halogenated alkanes) is 30. The van der Waals surface area contributed by atoms with Gasteiger partial charge in [-0.25, -0.2) is 9.13 Å². The molecule has 23 heteroatoms. The van der Waals surface area contributed by atoms with Gasteiger partial charge in [0.1, 0.15) is 0 Å². The van der Waals surface area contributed by atoms with Gasteiger partial charge in [-0.2, -0.15) is 14.1 Å². The second kappa shape index (κ2) is 61.4. The van der Waals surface area contributed by atoms with Crippen LogP contribution in [0.2, 0.25) is 0 Å². The van der Waals surface area contributed by atoms with Crippen molar-refractivity contribution in [3.05, 3.63) is 0 Å². The molecule has 0 saturated heterocycles. The maximum atomic E-state index is 12.3. The predicted octanol–water partition coefficient (Wildman–Crippen LogP) is 19.4. The zero-order valence-corrected chi connectivity index (χ0v) is 55.2. The molecule has 1 atom stereocenters. The van der Waals surface area contributed by atoms with Gasteiger partial charge in [0.05, 0.1) is 39.6 Å². The molecule has 0 bridgehead atoms. The fourth-order valence-corrected chi connectivity index (χ4v) is 17.8. The third kappa shape index (κ3) is 63.5. The molecule has 0 aromatic rings. The Kier molecular flexibility index (Phi) is 68.7. The number of hydrogen-bond acceptors (Lipinski definition) is 14. The van der Waals surface area contributed by atoms with Gasteiger partial charge in [-0.3, -0.25) is 18.1 Å². The fraction of sp³-hybridized carbons (Fsp3) is 1.00. The number of aliphatic hydroxyl groups excluding tert-OH is 1.